The lowest BCUT2D eigenvalue weighted by molar-refractivity contribution is -0.0333. The standard InChI is InChI=1S/C14H28N4O/c1-12-11-18(17-16-12)13(2,3)8-10-19-14(4,5)7-9-15-6/h11,15H,7-10H2,1-6H3. The number of nitrogens with zero attached hydrogens (tertiary/aromatic N) is 3. The summed E-state index contributed by atoms with van der Waals surface area (Å²) in [6, 6.07) is 0. The zero-order valence-corrected chi connectivity index (χ0v) is 13.2. The number of hydrogen-bond acceptors (Lipinski definition) is 4. The van der Waals surface area contributed by atoms with E-state index in [0.29, 0.717) is 0 Å². The second-order valence-electron chi connectivity index (χ2n) is 6.33. The second-order valence-corrected chi connectivity index (χ2v) is 6.33. The Morgan fingerprint density at radius 1 is 1.26 bits per heavy atom. The minimum atomic E-state index is -0.0859. The van der Waals surface area contributed by atoms with Crippen LogP contribution in [-0.2, 0) is 10.3 Å². The van der Waals surface area contributed by atoms with Crippen molar-refractivity contribution in [1.82, 2.24) is 20.3 Å². The monoisotopic (exact) mass is 268 g/mol. The number of aryl methyl sites for hydroxylation is 1. The highest BCUT2D eigenvalue weighted by Crippen LogP contribution is 2.21. The van der Waals surface area contributed by atoms with Gasteiger partial charge in [-0.3, -0.25) is 0 Å². The average Bonchev–Trinajstić information content (AvgIpc) is 2.73. The first-order chi connectivity index (χ1) is 8.77. The van der Waals surface area contributed by atoms with Crippen molar-refractivity contribution in [2.45, 2.75) is 58.6 Å². The zero-order chi connectivity index (χ0) is 14.5. The van der Waals surface area contributed by atoms with Crippen molar-refractivity contribution in [3.05, 3.63) is 11.9 Å². The van der Waals surface area contributed by atoms with E-state index in [0.717, 1.165) is 31.7 Å². The molecule has 0 unspecified atom stereocenters. The van der Waals surface area contributed by atoms with Gasteiger partial charge < -0.3 is 10.1 Å². The molecular formula is C14H28N4O. The van der Waals surface area contributed by atoms with E-state index in [1.807, 2.05) is 24.9 Å². The lowest BCUT2D eigenvalue weighted by Crippen LogP contribution is -2.33. The first kappa shape index (κ1) is 16.1. The maximum atomic E-state index is 5.99. The van der Waals surface area contributed by atoms with Gasteiger partial charge in [-0.25, -0.2) is 4.68 Å². The molecule has 1 rings (SSSR count). The molecule has 0 aliphatic carbocycles. The maximum Gasteiger partial charge on any atom is 0.0796 e. The van der Waals surface area contributed by atoms with Crippen LogP contribution in [0.25, 0.3) is 0 Å². The van der Waals surface area contributed by atoms with Crippen molar-refractivity contribution in [3.8, 4) is 0 Å². The molecule has 0 aliphatic rings. The molecule has 0 radical (unpaired) electrons. The number of ether oxygens (including phenoxy) is 1. The molecule has 0 aromatic carbocycles. The minimum absolute atomic E-state index is 0.0691. The Morgan fingerprint density at radius 2 is 1.95 bits per heavy atom. The Labute approximate surface area is 116 Å². The zero-order valence-electron chi connectivity index (χ0n) is 13.2. The first-order valence-corrected chi connectivity index (χ1v) is 6.95. The molecule has 0 saturated heterocycles. The van der Waals surface area contributed by atoms with Crippen LogP contribution in [-0.4, -0.2) is 40.8 Å². The fourth-order valence-electron chi connectivity index (χ4n) is 1.83. The van der Waals surface area contributed by atoms with E-state index in [2.05, 4.69) is 43.3 Å². The number of hydrogen-bond donors (Lipinski definition) is 1. The molecule has 1 N–H and O–H groups in total. The van der Waals surface area contributed by atoms with E-state index in [1.54, 1.807) is 0 Å². The quantitative estimate of drug-likeness (QED) is 0.784. The first-order valence-electron chi connectivity index (χ1n) is 6.95. The summed E-state index contributed by atoms with van der Waals surface area (Å²) in [7, 11) is 1.96. The third-order valence-corrected chi connectivity index (χ3v) is 3.41. The number of aromatic nitrogens is 3. The molecule has 0 atom stereocenters. The Kier molecular flexibility index (Phi) is 5.50. The van der Waals surface area contributed by atoms with Crippen LogP contribution < -0.4 is 5.32 Å². The van der Waals surface area contributed by atoms with Gasteiger partial charge in [-0.05, 0) is 61.1 Å². The van der Waals surface area contributed by atoms with E-state index in [1.165, 1.54) is 0 Å². The molecule has 19 heavy (non-hydrogen) atoms. The highest BCUT2D eigenvalue weighted by molar-refractivity contribution is 4.91. The van der Waals surface area contributed by atoms with Crippen molar-refractivity contribution < 1.29 is 4.74 Å². The Bertz CT molecular complexity index is 385. The molecule has 0 aliphatic heterocycles. The van der Waals surface area contributed by atoms with Gasteiger partial charge in [0.1, 0.15) is 0 Å². The van der Waals surface area contributed by atoms with Gasteiger partial charge in [-0.1, -0.05) is 5.21 Å². The molecule has 0 saturated carbocycles. The van der Waals surface area contributed by atoms with Crippen LogP contribution in [0.2, 0.25) is 0 Å². The molecule has 5 nitrogen and oxygen atoms in total. The number of nitrogens with one attached hydrogen (secondary N) is 1. The van der Waals surface area contributed by atoms with Crippen molar-refractivity contribution in [3.63, 3.8) is 0 Å². The summed E-state index contributed by atoms with van der Waals surface area (Å²) in [6.45, 7) is 12.2. The van der Waals surface area contributed by atoms with Crippen molar-refractivity contribution in [1.29, 1.82) is 0 Å². The molecule has 0 bridgehead atoms. The minimum Gasteiger partial charge on any atom is -0.375 e. The van der Waals surface area contributed by atoms with Crippen molar-refractivity contribution >= 4 is 0 Å². The van der Waals surface area contributed by atoms with Crippen LogP contribution in [0.3, 0.4) is 0 Å². The summed E-state index contributed by atoms with van der Waals surface area (Å²) in [4.78, 5) is 0. The largest absolute Gasteiger partial charge is 0.375 e. The molecule has 1 heterocycles. The molecule has 0 amide bonds. The summed E-state index contributed by atoms with van der Waals surface area (Å²) in [5.41, 5.74) is 0.792. The molecule has 0 fully saturated rings. The molecule has 1 aromatic heterocycles. The maximum absolute atomic E-state index is 5.99. The third-order valence-electron chi connectivity index (χ3n) is 3.41. The van der Waals surface area contributed by atoms with Gasteiger partial charge in [-0.15, -0.1) is 5.10 Å². The second kappa shape index (κ2) is 6.48. The average molecular weight is 268 g/mol. The summed E-state index contributed by atoms with van der Waals surface area (Å²) in [6.07, 6.45) is 3.90. The Morgan fingerprint density at radius 3 is 2.47 bits per heavy atom. The van der Waals surface area contributed by atoms with Gasteiger partial charge in [-0.2, -0.15) is 0 Å². The predicted molar refractivity (Wildman–Crippen MR) is 77.3 cm³/mol. The van der Waals surface area contributed by atoms with Gasteiger partial charge in [0.05, 0.1) is 16.8 Å². The van der Waals surface area contributed by atoms with Crippen LogP contribution in [0, 0.1) is 6.92 Å². The highest BCUT2D eigenvalue weighted by Gasteiger charge is 2.24. The molecule has 1 aromatic rings. The lowest BCUT2D eigenvalue weighted by Gasteiger charge is -2.29. The van der Waals surface area contributed by atoms with Crippen LogP contribution in [0.15, 0.2) is 6.20 Å². The summed E-state index contributed by atoms with van der Waals surface area (Å²) >= 11 is 0. The third kappa shape index (κ3) is 5.28. The van der Waals surface area contributed by atoms with E-state index in [-0.39, 0.29) is 11.1 Å². The predicted octanol–water partition coefficient (Wildman–Crippen LogP) is 2.12. The molecular weight excluding hydrogens is 240 g/mol. The SMILES string of the molecule is CNCCC(C)(C)OCCC(C)(C)n1cc(C)nn1. The molecule has 110 valence electrons. The van der Waals surface area contributed by atoms with Crippen molar-refractivity contribution in [2.75, 3.05) is 20.2 Å². The van der Waals surface area contributed by atoms with Crippen LogP contribution in [0.1, 0.15) is 46.2 Å². The Hall–Kier alpha value is -0.940. The fourth-order valence-corrected chi connectivity index (χ4v) is 1.83. The van der Waals surface area contributed by atoms with E-state index in [4.69, 9.17) is 4.74 Å². The fraction of sp³-hybridized carbons (Fsp3) is 0.857. The Balaban J connectivity index is 2.43. The van der Waals surface area contributed by atoms with E-state index < -0.39 is 0 Å². The summed E-state index contributed by atoms with van der Waals surface area (Å²) in [5.74, 6) is 0. The van der Waals surface area contributed by atoms with E-state index in [9.17, 15) is 0 Å². The van der Waals surface area contributed by atoms with Crippen LogP contribution in [0.5, 0.6) is 0 Å². The van der Waals surface area contributed by atoms with Crippen LogP contribution >= 0.6 is 0 Å². The summed E-state index contributed by atoms with van der Waals surface area (Å²) < 4.78 is 7.92. The topological polar surface area (TPSA) is 52.0 Å². The lowest BCUT2D eigenvalue weighted by atomic mass is 10.0. The molecule has 5 heteroatoms. The molecule has 0 spiro atoms. The smallest absolute Gasteiger partial charge is 0.0796 e. The normalized spacial score (nSPS) is 12.9. The van der Waals surface area contributed by atoms with E-state index >= 15 is 0 Å². The summed E-state index contributed by atoms with van der Waals surface area (Å²) in [5, 5.41) is 11.4. The van der Waals surface area contributed by atoms with Gasteiger partial charge in [0.2, 0.25) is 0 Å². The number of rotatable bonds is 8. The van der Waals surface area contributed by atoms with Gasteiger partial charge in [0.15, 0.2) is 0 Å². The highest BCUT2D eigenvalue weighted by atomic mass is 16.5. The van der Waals surface area contributed by atoms with Crippen molar-refractivity contribution in [2.24, 2.45) is 0 Å². The van der Waals surface area contributed by atoms with Gasteiger partial charge in [0, 0.05) is 12.8 Å². The van der Waals surface area contributed by atoms with Gasteiger partial charge >= 0.3 is 0 Å². The van der Waals surface area contributed by atoms with Crippen LogP contribution in [0.4, 0.5) is 0 Å². The van der Waals surface area contributed by atoms with Gasteiger partial charge in [0.25, 0.3) is 0 Å².